The number of Topliss-reactive ketones (excluding diaryl/α,β-unsaturated/α-hetero) is 1. The molecule has 0 aromatic heterocycles. The Labute approximate surface area is 109 Å². The fraction of sp³-hybridized carbons (Fsp3) is 0.417. The number of nitrogens with one attached hydrogen (secondary N) is 1. The van der Waals surface area contributed by atoms with Gasteiger partial charge in [-0.3, -0.25) is 20.2 Å². The summed E-state index contributed by atoms with van der Waals surface area (Å²) < 4.78 is 0. The Kier molecular flexibility index (Phi) is 3.63. The molecule has 0 bridgehead atoms. The fourth-order valence-corrected chi connectivity index (χ4v) is 2.67. The Morgan fingerprint density at radius 2 is 2.22 bits per heavy atom. The van der Waals surface area contributed by atoms with E-state index in [0.717, 1.165) is 12.0 Å². The largest absolute Gasteiger partial charge is 0.296 e. The van der Waals surface area contributed by atoms with Crippen molar-refractivity contribution in [3.8, 4) is 0 Å². The monoisotopic (exact) mass is 268 g/mol. The van der Waals surface area contributed by atoms with Crippen LogP contribution in [0.15, 0.2) is 24.3 Å². The Hall–Kier alpha value is -1.46. The van der Waals surface area contributed by atoms with E-state index in [-0.39, 0.29) is 11.7 Å². The molecule has 1 N–H and O–H groups in total. The second-order valence-corrected chi connectivity index (χ2v) is 4.55. The van der Waals surface area contributed by atoms with Gasteiger partial charge in [0.25, 0.3) is 0 Å². The maximum Gasteiger partial charge on any atom is 0.233 e. The Morgan fingerprint density at radius 3 is 2.89 bits per heavy atom. The van der Waals surface area contributed by atoms with Crippen LogP contribution in [0.25, 0.3) is 0 Å². The molecule has 96 valence electrons. The summed E-state index contributed by atoms with van der Waals surface area (Å²) >= 11 is 5.61. The van der Waals surface area contributed by atoms with Crippen LogP contribution in [0, 0.1) is 10.1 Å². The molecule has 1 atom stereocenters. The number of nitro groups is 1. The van der Waals surface area contributed by atoms with Gasteiger partial charge in [-0.2, -0.15) is 0 Å². The van der Waals surface area contributed by atoms with E-state index in [9.17, 15) is 14.9 Å². The minimum absolute atomic E-state index is 0.241. The van der Waals surface area contributed by atoms with E-state index in [1.807, 2.05) is 12.1 Å². The normalized spacial score (nSPS) is 22.3. The second kappa shape index (κ2) is 5.04. The van der Waals surface area contributed by atoms with E-state index < -0.39 is 17.0 Å². The van der Waals surface area contributed by atoms with Gasteiger partial charge in [0.05, 0.1) is 5.88 Å². The van der Waals surface area contributed by atoms with Crippen molar-refractivity contribution in [3.63, 3.8) is 0 Å². The van der Waals surface area contributed by atoms with Gasteiger partial charge in [0, 0.05) is 11.5 Å². The highest BCUT2D eigenvalue weighted by Gasteiger charge is 2.46. The van der Waals surface area contributed by atoms with Crippen LogP contribution in [0.1, 0.15) is 11.1 Å². The quantitative estimate of drug-likeness (QED) is 0.504. The molecule has 1 aliphatic heterocycles. The predicted molar refractivity (Wildman–Crippen MR) is 67.4 cm³/mol. The van der Waals surface area contributed by atoms with Gasteiger partial charge in [0.1, 0.15) is 0 Å². The number of alkyl halides is 1. The Morgan fingerprint density at radius 1 is 1.50 bits per heavy atom. The van der Waals surface area contributed by atoms with Crippen molar-refractivity contribution in [3.05, 3.63) is 45.5 Å². The molecule has 1 aromatic carbocycles. The van der Waals surface area contributed by atoms with Crippen LogP contribution in [-0.4, -0.2) is 29.7 Å². The standard InChI is InChI=1S/C12H13ClN2O3/c13-7-11(16)12(8-15(17)18)10-4-2-1-3-9(10)5-6-14-12/h1-4,14H,5-8H2. The number of fused-ring (bicyclic) bond motifs is 1. The first-order valence-electron chi connectivity index (χ1n) is 5.64. The fourth-order valence-electron chi connectivity index (χ4n) is 2.45. The van der Waals surface area contributed by atoms with E-state index in [1.54, 1.807) is 12.1 Å². The lowest BCUT2D eigenvalue weighted by Gasteiger charge is -2.35. The van der Waals surface area contributed by atoms with Crippen LogP contribution in [0.4, 0.5) is 0 Å². The summed E-state index contributed by atoms with van der Waals surface area (Å²) in [5, 5.41) is 13.9. The van der Waals surface area contributed by atoms with Crippen molar-refractivity contribution in [2.45, 2.75) is 12.0 Å². The van der Waals surface area contributed by atoms with Crippen molar-refractivity contribution in [2.24, 2.45) is 0 Å². The van der Waals surface area contributed by atoms with Crippen molar-refractivity contribution in [2.75, 3.05) is 19.0 Å². The highest BCUT2D eigenvalue weighted by atomic mass is 35.5. The van der Waals surface area contributed by atoms with Gasteiger partial charge in [-0.15, -0.1) is 11.6 Å². The van der Waals surface area contributed by atoms with E-state index in [0.29, 0.717) is 12.1 Å². The summed E-state index contributed by atoms with van der Waals surface area (Å²) in [4.78, 5) is 22.5. The highest BCUT2D eigenvalue weighted by molar-refractivity contribution is 6.29. The summed E-state index contributed by atoms with van der Waals surface area (Å²) in [6.45, 7) is 0.0586. The third kappa shape index (κ3) is 2.11. The molecule has 0 radical (unpaired) electrons. The minimum atomic E-state index is -1.28. The molecule has 0 saturated carbocycles. The number of ketones is 1. The van der Waals surface area contributed by atoms with Crippen molar-refractivity contribution >= 4 is 17.4 Å². The summed E-state index contributed by atoms with van der Waals surface area (Å²) in [5.74, 6) is -0.595. The number of nitrogens with zero attached hydrogens (tertiary/aromatic N) is 1. The first-order valence-corrected chi connectivity index (χ1v) is 6.18. The van der Waals surface area contributed by atoms with Crippen molar-refractivity contribution < 1.29 is 9.72 Å². The molecule has 18 heavy (non-hydrogen) atoms. The number of carbonyl (C=O) groups excluding carboxylic acids is 1. The van der Waals surface area contributed by atoms with Gasteiger partial charge in [0.15, 0.2) is 11.3 Å². The summed E-state index contributed by atoms with van der Waals surface area (Å²) in [7, 11) is 0. The van der Waals surface area contributed by atoms with E-state index in [2.05, 4.69) is 5.32 Å². The van der Waals surface area contributed by atoms with Crippen molar-refractivity contribution in [1.82, 2.24) is 5.32 Å². The van der Waals surface area contributed by atoms with Crippen molar-refractivity contribution in [1.29, 1.82) is 0 Å². The predicted octanol–water partition coefficient (Wildman–Crippen LogP) is 1.11. The summed E-state index contributed by atoms with van der Waals surface area (Å²) in [6, 6.07) is 7.30. The zero-order valence-electron chi connectivity index (χ0n) is 9.69. The van der Waals surface area contributed by atoms with Crippen LogP contribution in [0.5, 0.6) is 0 Å². The van der Waals surface area contributed by atoms with Crippen LogP contribution < -0.4 is 5.32 Å². The maximum absolute atomic E-state index is 12.1. The highest BCUT2D eigenvalue weighted by Crippen LogP contribution is 2.30. The molecule has 1 aromatic rings. The molecule has 5 nitrogen and oxygen atoms in total. The average molecular weight is 269 g/mol. The Balaban J connectivity index is 2.54. The first-order chi connectivity index (χ1) is 8.60. The number of rotatable bonds is 4. The number of hydrogen-bond donors (Lipinski definition) is 1. The zero-order valence-corrected chi connectivity index (χ0v) is 10.4. The Bertz CT molecular complexity index is 492. The smallest absolute Gasteiger partial charge is 0.233 e. The molecule has 0 spiro atoms. The van der Waals surface area contributed by atoms with Gasteiger partial charge >= 0.3 is 0 Å². The molecular formula is C12H13ClN2O3. The lowest BCUT2D eigenvalue weighted by atomic mass is 9.79. The number of carbonyl (C=O) groups is 1. The van der Waals surface area contributed by atoms with Crippen LogP contribution in [0.2, 0.25) is 0 Å². The number of benzene rings is 1. The molecule has 1 heterocycles. The third-order valence-corrected chi connectivity index (χ3v) is 3.50. The first kappa shape index (κ1) is 13.0. The summed E-state index contributed by atoms with van der Waals surface area (Å²) in [5.41, 5.74) is 0.371. The number of hydrogen-bond acceptors (Lipinski definition) is 4. The maximum atomic E-state index is 12.1. The van der Waals surface area contributed by atoms with Crippen LogP contribution >= 0.6 is 11.6 Å². The SMILES string of the molecule is O=C(CCl)C1(C[N+](=O)[O-])NCCc2ccccc21. The van der Waals surface area contributed by atoms with Gasteiger partial charge in [-0.05, 0) is 17.5 Å². The number of halogens is 1. The van der Waals surface area contributed by atoms with E-state index in [1.165, 1.54) is 0 Å². The molecule has 0 fully saturated rings. The lowest BCUT2D eigenvalue weighted by Crippen LogP contribution is -2.57. The topological polar surface area (TPSA) is 72.2 Å². The molecule has 0 amide bonds. The third-order valence-electron chi connectivity index (χ3n) is 3.26. The zero-order chi connectivity index (χ0) is 13.2. The molecule has 1 unspecified atom stereocenters. The lowest BCUT2D eigenvalue weighted by molar-refractivity contribution is -0.489. The van der Waals surface area contributed by atoms with Gasteiger partial charge in [-0.25, -0.2) is 0 Å². The van der Waals surface area contributed by atoms with Gasteiger partial charge < -0.3 is 0 Å². The van der Waals surface area contributed by atoms with E-state index >= 15 is 0 Å². The summed E-state index contributed by atoms with van der Waals surface area (Å²) in [6.07, 6.45) is 0.755. The molecule has 6 heteroatoms. The minimum Gasteiger partial charge on any atom is -0.296 e. The van der Waals surface area contributed by atoms with Crippen LogP contribution in [0.3, 0.4) is 0 Å². The van der Waals surface area contributed by atoms with Crippen LogP contribution in [-0.2, 0) is 16.8 Å². The molecule has 2 rings (SSSR count). The molecule has 1 aliphatic rings. The molecule has 0 saturated heterocycles. The average Bonchev–Trinajstić information content (AvgIpc) is 2.37. The van der Waals surface area contributed by atoms with Gasteiger partial charge in [0.2, 0.25) is 6.54 Å². The van der Waals surface area contributed by atoms with Gasteiger partial charge in [-0.1, -0.05) is 24.3 Å². The molecular weight excluding hydrogens is 256 g/mol. The second-order valence-electron chi connectivity index (χ2n) is 4.29. The van der Waals surface area contributed by atoms with E-state index in [4.69, 9.17) is 11.6 Å². The molecule has 0 aliphatic carbocycles.